The van der Waals surface area contributed by atoms with Crippen LogP contribution in [0.4, 0.5) is 13.2 Å². The van der Waals surface area contributed by atoms with Gasteiger partial charge in [-0.25, -0.2) is 13.2 Å². The Hall–Kier alpha value is -1.33. The lowest BCUT2D eigenvalue weighted by Gasteiger charge is -2.13. The molecule has 0 saturated heterocycles. The maximum absolute atomic E-state index is 13.5. The van der Waals surface area contributed by atoms with Crippen LogP contribution in [0.5, 0.6) is 0 Å². The van der Waals surface area contributed by atoms with Crippen LogP contribution in [0.15, 0.2) is 40.9 Å². The molecular weight excluding hydrogens is 319 g/mol. The standard InChI is InChI=1S/C14H11BrF3N/c15-10-4-9(5-11(16)7-10)13(19)6-8-2-1-3-12(17)14(8)18/h1-5,7,13H,6,19H2. The maximum atomic E-state index is 13.5. The van der Waals surface area contributed by atoms with Gasteiger partial charge in [0, 0.05) is 10.5 Å². The second kappa shape index (κ2) is 5.75. The van der Waals surface area contributed by atoms with Crippen LogP contribution in [-0.4, -0.2) is 0 Å². The smallest absolute Gasteiger partial charge is 0.162 e. The van der Waals surface area contributed by atoms with Crippen molar-refractivity contribution in [2.24, 2.45) is 5.73 Å². The van der Waals surface area contributed by atoms with Crippen molar-refractivity contribution in [3.63, 3.8) is 0 Å². The van der Waals surface area contributed by atoms with E-state index in [0.29, 0.717) is 10.0 Å². The molecule has 2 N–H and O–H groups in total. The minimum Gasteiger partial charge on any atom is -0.324 e. The van der Waals surface area contributed by atoms with Crippen LogP contribution in [0.1, 0.15) is 17.2 Å². The Balaban J connectivity index is 2.25. The lowest BCUT2D eigenvalue weighted by atomic mass is 9.99. The molecule has 100 valence electrons. The van der Waals surface area contributed by atoms with Gasteiger partial charge in [0.1, 0.15) is 5.82 Å². The van der Waals surface area contributed by atoms with Crippen LogP contribution in [0.2, 0.25) is 0 Å². The Morgan fingerprint density at radius 3 is 2.53 bits per heavy atom. The van der Waals surface area contributed by atoms with E-state index in [1.807, 2.05) is 0 Å². The summed E-state index contributed by atoms with van der Waals surface area (Å²) in [6.07, 6.45) is 0.0967. The molecule has 19 heavy (non-hydrogen) atoms. The number of hydrogen-bond acceptors (Lipinski definition) is 1. The predicted molar refractivity (Wildman–Crippen MR) is 71.1 cm³/mol. The summed E-state index contributed by atoms with van der Waals surface area (Å²) in [5, 5.41) is 0. The second-order valence-electron chi connectivity index (χ2n) is 4.23. The molecule has 5 heteroatoms. The Morgan fingerprint density at radius 2 is 1.84 bits per heavy atom. The van der Waals surface area contributed by atoms with Gasteiger partial charge in [-0.05, 0) is 41.8 Å². The summed E-state index contributed by atoms with van der Waals surface area (Å²) in [5.41, 5.74) is 6.60. The van der Waals surface area contributed by atoms with E-state index in [9.17, 15) is 13.2 Å². The van der Waals surface area contributed by atoms with Crippen molar-refractivity contribution >= 4 is 15.9 Å². The summed E-state index contributed by atoms with van der Waals surface area (Å²) in [7, 11) is 0. The second-order valence-corrected chi connectivity index (χ2v) is 5.14. The number of hydrogen-bond donors (Lipinski definition) is 1. The average molecular weight is 330 g/mol. The highest BCUT2D eigenvalue weighted by Gasteiger charge is 2.14. The van der Waals surface area contributed by atoms with Gasteiger partial charge in [0.25, 0.3) is 0 Å². The topological polar surface area (TPSA) is 26.0 Å². The molecule has 2 aromatic carbocycles. The summed E-state index contributed by atoms with van der Waals surface area (Å²) in [5.74, 6) is -2.25. The minimum absolute atomic E-state index is 0.0967. The quantitative estimate of drug-likeness (QED) is 0.901. The zero-order valence-corrected chi connectivity index (χ0v) is 11.4. The van der Waals surface area contributed by atoms with Gasteiger partial charge in [-0.2, -0.15) is 0 Å². The first-order valence-corrected chi connectivity index (χ1v) is 6.41. The van der Waals surface area contributed by atoms with E-state index < -0.39 is 23.5 Å². The molecule has 0 aliphatic carbocycles. The predicted octanol–water partition coefficient (Wildman–Crippen LogP) is 4.11. The highest BCUT2D eigenvalue weighted by molar-refractivity contribution is 9.10. The Bertz CT molecular complexity index is 581. The monoisotopic (exact) mass is 329 g/mol. The van der Waals surface area contributed by atoms with Gasteiger partial charge in [-0.3, -0.25) is 0 Å². The van der Waals surface area contributed by atoms with Crippen molar-refractivity contribution in [3.05, 3.63) is 69.4 Å². The van der Waals surface area contributed by atoms with E-state index in [1.54, 1.807) is 6.07 Å². The van der Waals surface area contributed by atoms with E-state index in [2.05, 4.69) is 15.9 Å². The first-order chi connectivity index (χ1) is 8.97. The Morgan fingerprint density at radius 1 is 1.11 bits per heavy atom. The molecule has 1 unspecified atom stereocenters. The third-order valence-electron chi connectivity index (χ3n) is 2.78. The lowest BCUT2D eigenvalue weighted by Crippen LogP contribution is -2.14. The van der Waals surface area contributed by atoms with Crippen molar-refractivity contribution < 1.29 is 13.2 Å². The molecule has 0 aliphatic rings. The zero-order chi connectivity index (χ0) is 14.0. The highest BCUT2D eigenvalue weighted by Crippen LogP contribution is 2.23. The summed E-state index contributed by atoms with van der Waals surface area (Å²) in [6.45, 7) is 0. The fourth-order valence-electron chi connectivity index (χ4n) is 1.85. The van der Waals surface area contributed by atoms with Gasteiger partial charge in [0.2, 0.25) is 0 Å². The van der Waals surface area contributed by atoms with Crippen molar-refractivity contribution in [2.45, 2.75) is 12.5 Å². The van der Waals surface area contributed by atoms with Gasteiger partial charge < -0.3 is 5.73 Å². The molecule has 1 nitrogen and oxygen atoms in total. The maximum Gasteiger partial charge on any atom is 0.162 e. The molecule has 0 amide bonds. The highest BCUT2D eigenvalue weighted by atomic mass is 79.9. The van der Waals surface area contributed by atoms with Gasteiger partial charge in [-0.1, -0.05) is 28.1 Å². The summed E-state index contributed by atoms with van der Waals surface area (Å²) in [4.78, 5) is 0. The Kier molecular flexibility index (Phi) is 4.27. The number of nitrogens with two attached hydrogens (primary N) is 1. The summed E-state index contributed by atoms with van der Waals surface area (Å²) < 4.78 is 40.4. The number of rotatable bonds is 3. The Labute approximate surface area is 117 Å². The van der Waals surface area contributed by atoms with Gasteiger partial charge in [0.05, 0.1) is 0 Å². The van der Waals surface area contributed by atoms with Crippen molar-refractivity contribution in [3.8, 4) is 0 Å². The van der Waals surface area contributed by atoms with Crippen molar-refractivity contribution in [2.75, 3.05) is 0 Å². The minimum atomic E-state index is -0.912. The molecular formula is C14H11BrF3N. The summed E-state index contributed by atoms with van der Waals surface area (Å²) in [6, 6.07) is 7.57. The van der Waals surface area contributed by atoms with Crippen LogP contribution in [0.3, 0.4) is 0 Å². The fourth-order valence-corrected chi connectivity index (χ4v) is 2.33. The van der Waals surface area contributed by atoms with E-state index in [0.717, 1.165) is 6.07 Å². The first kappa shape index (κ1) is 14.1. The lowest BCUT2D eigenvalue weighted by molar-refractivity contribution is 0.494. The SMILES string of the molecule is NC(Cc1cccc(F)c1F)c1cc(F)cc(Br)c1. The molecule has 2 aromatic rings. The van der Waals surface area contributed by atoms with Crippen LogP contribution < -0.4 is 5.73 Å². The summed E-state index contributed by atoms with van der Waals surface area (Å²) >= 11 is 3.16. The molecule has 0 saturated carbocycles. The van der Waals surface area contributed by atoms with Crippen molar-refractivity contribution in [1.29, 1.82) is 0 Å². The van der Waals surface area contributed by atoms with Gasteiger partial charge in [-0.15, -0.1) is 0 Å². The molecule has 0 heterocycles. The zero-order valence-electron chi connectivity index (χ0n) is 9.84. The molecule has 0 aliphatic heterocycles. The third-order valence-corrected chi connectivity index (χ3v) is 3.24. The van der Waals surface area contributed by atoms with Crippen molar-refractivity contribution in [1.82, 2.24) is 0 Å². The number of benzene rings is 2. The fraction of sp³-hybridized carbons (Fsp3) is 0.143. The van der Waals surface area contributed by atoms with E-state index in [4.69, 9.17) is 5.73 Å². The van der Waals surface area contributed by atoms with Crippen LogP contribution >= 0.6 is 15.9 Å². The van der Waals surface area contributed by atoms with E-state index >= 15 is 0 Å². The molecule has 0 fully saturated rings. The van der Waals surface area contributed by atoms with E-state index in [-0.39, 0.29) is 12.0 Å². The molecule has 0 aromatic heterocycles. The third kappa shape index (κ3) is 3.36. The molecule has 0 bridgehead atoms. The average Bonchev–Trinajstić information content (AvgIpc) is 2.33. The molecule has 0 spiro atoms. The molecule has 1 atom stereocenters. The van der Waals surface area contributed by atoms with E-state index in [1.165, 1.54) is 24.3 Å². The van der Waals surface area contributed by atoms with Crippen LogP contribution in [-0.2, 0) is 6.42 Å². The van der Waals surface area contributed by atoms with Crippen LogP contribution in [0, 0.1) is 17.5 Å². The largest absolute Gasteiger partial charge is 0.324 e. The first-order valence-electron chi connectivity index (χ1n) is 5.62. The number of halogens is 4. The molecule has 2 rings (SSSR count). The molecule has 0 radical (unpaired) electrons. The van der Waals surface area contributed by atoms with Crippen LogP contribution in [0.25, 0.3) is 0 Å². The normalized spacial score (nSPS) is 12.5. The van der Waals surface area contributed by atoms with Gasteiger partial charge >= 0.3 is 0 Å². The van der Waals surface area contributed by atoms with Gasteiger partial charge in [0.15, 0.2) is 11.6 Å².